The molecule has 16 atom stereocenters. The fourth-order valence-corrected chi connectivity index (χ4v) is 6.76. The van der Waals surface area contributed by atoms with Crippen LogP contribution in [-0.2, 0) is 47.5 Å². The van der Waals surface area contributed by atoms with Crippen molar-refractivity contribution in [2.24, 2.45) is 5.73 Å². The summed E-state index contributed by atoms with van der Waals surface area (Å²) in [5.41, 5.74) is 5.93. The van der Waals surface area contributed by atoms with Crippen LogP contribution in [0.2, 0.25) is 0 Å². The maximum Gasteiger partial charge on any atom is 0.407 e. The number of hydrogen-bond donors (Lipinski definition) is 12. The van der Waals surface area contributed by atoms with Gasteiger partial charge in [0.1, 0.15) is 73.7 Å². The molecule has 58 heavy (non-hydrogen) atoms. The Bertz CT molecular complexity index is 1280. The second-order valence-electron chi connectivity index (χ2n) is 14.2. The molecule has 3 saturated heterocycles. The first-order valence-electron chi connectivity index (χ1n) is 19.0. The second-order valence-corrected chi connectivity index (χ2v) is 14.2. The van der Waals surface area contributed by atoms with E-state index in [0.29, 0.717) is 25.7 Å². The van der Waals surface area contributed by atoms with Crippen LogP contribution in [0.15, 0.2) is 12.7 Å². The summed E-state index contributed by atoms with van der Waals surface area (Å²) in [5.74, 6) is -5.22. The highest BCUT2D eigenvalue weighted by atomic mass is 16.8. The van der Waals surface area contributed by atoms with Gasteiger partial charge in [0.05, 0.1) is 39.1 Å². The Balaban J connectivity index is 1.86. The molecule has 3 aliphatic heterocycles. The number of hydrogen-bond acceptors (Lipinski definition) is 21. The molecule has 0 aromatic heterocycles. The molecule has 0 bridgehead atoms. The van der Waals surface area contributed by atoms with E-state index in [0.717, 1.165) is 19.3 Å². The third-order valence-corrected chi connectivity index (χ3v) is 10.1. The zero-order valence-corrected chi connectivity index (χ0v) is 32.2. The number of nitrogens with one attached hydrogen (secondary N) is 1. The Hall–Kier alpha value is -2.69. The van der Waals surface area contributed by atoms with Crippen molar-refractivity contribution in [2.45, 2.75) is 149 Å². The van der Waals surface area contributed by atoms with Gasteiger partial charge in [0, 0.05) is 19.4 Å². The van der Waals surface area contributed by atoms with Crippen LogP contribution in [0, 0.1) is 0 Å². The van der Waals surface area contributed by atoms with Crippen molar-refractivity contribution in [1.29, 1.82) is 0 Å². The number of carboxylic acids is 1. The molecule has 336 valence electrons. The van der Waals surface area contributed by atoms with Gasteiger partial charge in [0.25, 0.3) is 5.79 Å². The first-order chi connectivity index (χ1) is 27.6. The van der Waals surface area contributed by atoms with E-state index in [2.05, 4.69) is 16.6 Å². The van der Waals surface area contributed by atoms with Crippen LogP contribution in [0.4, 0.5) is 4.79 Å². The van der Waals surface area contributed by atoms with Crippen molar-refractivity contribution < 1.29 is 103 Å². The van der Waals surface area contributed by atoms with Crippen molar-refractivity contribution in [3.63, 3.8) is 0 Å². The minimum atomic E-state index is -2.99. The quantitative estimate of drug-likeness (QED) is 0.0262. The summed E-state index contributed by atoms with van der Waals surface area (Å²) in [6.45, 7) is 0.517. The molecule has 3 aliphatic rings. The lowest BCUT2D eigenvalue weighted by atomic mass is 9.88. The molecule has 0 aliphatic carbocycles. The number of rotatable bonds is 23. The molecule has 1 amide bonds. The number of aliphatic hydroxyl groups is 9. The average molecular weight is 845 g/mol. The van der Waals surface area contributed by atoms with E-state index in [1.54, 1.807) is 0 Å². The Kier molecular flexibility index (Phi) is 20.5. The monoisotopic (exact) mass is 844 g/mol. The van der Waals surface area contributed by atoms with Crippen molar-refractivity contribution in [1.82, 2.24) is 5.32 Å². The van der Waals surface area contributed by atoms with Gasteiger partial charge >= 0.3 is 18.0 Å². The predicted molar refractivity (Wildman–Crippen MR) is 191 cm³/mol. The lowest BCUT2D eigenvalue weighted by Crippen LogP contribution is -2.70. The third-order valence-electron chi connectivity index (χ3n) is 10.1. The molecular formula is C35H60N2O21. The molecule has 0 aromatic rings. The van der Waals surface area contributed by atoms with E-state index >= 15 is 0 Å². The van der Waals surface area contributed by atoms with Gasteiger partial charge in [-0.15, -0.1) is 0 Å². The standard InChI is InChI=1S/C35H60N2O21/c1-3-11-53-34(50)37-23-29(25(45)19(15-39)54-31(23)52-12-9-7-5-4-6-8-10-21(43)51-2)56-32-27(47)30(26(46)20(16-40)55-32)58-35(33(48)49)13-17(41)22(36)28(57-35)24(44)18(42)14-38/h3,17-20,22-32,38-42,44-47H,1,4-16,36H2,2H3,(H,37,50)(H,48,49)/t17-,18+,19+,20+,22+,23+,24+,25+,26-,27+,28+,29+,30-,31+,32-,35-/m0/s1. The van der Waals surface area contributed by atoms with E-state index in [-0.39, 0.29) is 19.2 Å². The highest BCUT2D eigenvalue weighted by Gasteiger charge is 2.59. The lowest BCUT2D eigenvalue weighted by Gasteiger charge is -2.50. The average Bonchev–Trinajstić information content (AvgIpc) is 3.21. The molecule has 3 fully saturated rings. The van der Waals surface area contributed by atoms with Crippen LogP contribution in [0.1, 0.15) is 51.4 Å². The van der Waals surface area contributed by atoms with Gasteiger partial charge in [-0.05, 0) is 12.8 Å². The number of aliphatic hydroxyl groups excluding tert-OH is 9. The van der Waals surface area contributed by atoms with Gasteiger partial charge in [-0.3, -0.25) is 4.79 Å². The summed E-state index contributed by atoms with van der Waals surface area (Å²) < 4.78 is 44.2. The normalized spacial score (nSPS) is 36.4. The summed E-state index contributed by atoms with van der Waals surface area (Å²) in [6, 6.07) is -2.98. The van der Waals surface area contributed by atoms with Crippen LogP contribution in [0.25, 0.3) is 0 Å². The maximum atomic E-state index is 12.8. The van der Waals surface area contributed by atoms with E-state index < -0.39 is 136 Å². The van der Waals surface area contributed by atoms with Gasteiger partial charge in [-0.1, -0.05) is 38.3 Å². The molecule has 0 radical (unpaired) electrons. The van der Waals surface area contributed by atoms with Crippen LogP contribution in [-0.4, -0.2) is 207 Å². The number of carbonyl (C=O) groups excluding carboxylic acids is 2. The molecule has 3 heterocycles. The van der Waals surface area contributed by atoms with E-state index in [9.17, 15) is 65.4 Å². The lowest BCUT2D eigenvalue weighted by molar-refractivity contribution is -0.380. The smallest absolute Gasteiger partial charge is 0.407 e. The number of carboxylic acid groups (broad SMARTS) is 1. The first-order valence-corrected chi connectivity index (χ1v) is 19.0. The van der Waals surface area contributed by atoms with Crippen LogP contribution >= 0.6 is 0 Å². The van der Waals surface area contributed by atoms with Crippen LogP contribution in [0.5, 0.6) is 0 Å². The van der Waals surface area contributed by atoms with Gasteiger partial charge in [0.15, 0.2) is 12.6 Å². The molecule has 23 heteroatoms. The summed E-state index contributed by atoms with van der Waals surface area (Å²) >= 11 is 0. The highest BCUT2D eigenvalue weighted by Crippen LogP contribution is 2.38. The predicted octanol–water partition coefficient (Wildman–Crippen LogP) is -4.55. The van der Waals surface area contributed by atoms with Gasteiger partial charge in [0.2, 0.25) is 0 Å². The minimum absolute atomic E-state index is 0.0583. The Morgan fingerprint density at radius 3 is 2.10 bits per heavy atom. The molecule has 23 nitrogen and oxygen atoms in total. The van der Waals surface area contributed by atoms with Crippen molar-refractivity contribution >= 4 is 18.0 Å². The molecule has 0 saturated carbocycles. The minimum Gasteiger partial charge on any atom is -0.477 e. The van der Waals surface area contributed by atoms with Gasteiger partial charge in [-0.2, -0.15) is 0 Å². The van der Waals surface area contributed by atoms with E-state index in [1.807, 2.05) is 0 Å². The van der Waals surface area contributed by atoms with E-state index in [4.69, 9.17) is 38.9 Å². The van der Waals surface area contributed by atoms with Crippen LogP contribution < -0.4 is 11.1 Å². The summed E-state index contributed by atoms with van der Waals surface area (Å²) in [4.78, 5) is 36.9. The van der Waals surface area contributed by atoms with Gasteiger partial charge < -0.3 is 100 Å². The third kappa shape index (κ3) is 12.9. The van der Waals surface area contributed by atoms with Crippen LogP contribution in [0.3, 0.4) is 0 Å². The van der Waals surface area contributed by atoms with Gasteiger partial charge in [-0.25, -0.2) is 9.59 Å². The van der Waals surface area contributed by atoms with Crippen molar-refractivity contribution in [2.75, 3.05) is 40.1 Å². The Morgan fingerprint density at radius 1 is 0.914 bits per heavy atom. The molecule has 3 rings (SSSR count). The van der Waals surface area contributed by atoms with Crippen molar-refractivity contribution in [3.05, 3.63) is 12.7 Å². The number of alkyl carbamates (subject to hydrolysis) is 1. The SMILES string of the molecule is C=CCOC(=O)N[C@H]1[C@H](OCCCCCCCCC(=O)OC)O[C@H](CO)[C@@H](O)[C@@H]1O[C@@H]1O[C@H](CO)[C@H](O)[C@H](O[C@]2(C(=O)O)C[C@H](O)[C@@H](N)[C@H]([C@H](O)[C@H](O)CO)O2)[C@H]1O. The number of carbonyl (C=O) groups is 3. The number of nitrogens with two attached hydrogens (primary N) is 1. The second kappa shape index (κ2) is 23.9. The first kappa shape index (κ1) is 49.7. The zero-order chi connectivity index (χ0) is 43.2. The van der Waals surface area contributed by atoms with E-state index in [1.165, 1.54) is 13.2 Å². The largest absolute Gasteiger partial charge is 0.477 e. The number of esters is 1. The summed E-state index contributed by atoms with van der Waals surface area (Å²) in [6.07, 6.45) is -20.0. The highest BCUT2D eigenvalue weighted by molar-refractivity contribution is 5.76. The Morgan fingerprint density at radius 2 is 1.52 bits per heavy atom. The Labute approximate surface area is 334 Å². The summed E-state index contributed by atoms with van der Waals surface area (Å²) in [7, 11) is 1.33. The maximum absolute atomic E-state index is 12.8. The topological polar surface area (TPSA) is 365 Å². The molecular weight excluding hydrogens is 784 g/mol. The summed E-state index contributed by atoms with van der Waals surface area (Å²) in [5, 5.41) is 108. The number of amides is 1. The van der Waals surface area contributed by atoms with Crippen molar-refractivity contribution in [3.8, 4) is 0 Å². The number of unbranched alkanes of at least 4 members (excludes halogenated alkanes) is 5. The zero-order valence-electron chi connectivity index (χ0n) is 32.2. The number of methoxy groups -OCH3 is 1. The molecule has 13 N–H and O–H groups in total. The number of ether oxygens (including phenoxy) is 8. The molecule has 0 unspecified atom stereocenters. The number of aliphatic carboxylic acids is 1. The molecule has 0 aromatic carbocycles. The fourth-order valence-electron chi connectivity index (χ4n) is 6.76. The fraction of sp³-hybridized carbons (Fsp3) is 0.857. The molecule has 0 spiro atoms.